The van der Waals surface area contributed by atoms with Crippen molar-refractivity contribution in [3.8, 4) is 0 Å². The molecule has 1 aromatic rings. The first-order valence-electron chi connectivity index (χ1n) is 6.25. The van der Waals surface area contributed by atoms with Crippen LogP contribution in [0.25, 0.3) is 0 Å². The van der Waals surface area contributed by atoms with Gasteiger partial charge in [0.25, 0.3) is 5.91 Å². The van der Waals surface area contributed by atoms with Gasteiger partial charge in [-0.3, -0.25) is 9.59 Å². The molecule has 1 aromatic carbocycles. The molecule has 1 atom stereocenters. The smallest absolute Gasteiger partial charge is 0.303 e. The van der Waals surface area contributed by atoms with Gasteiger partial charge in [-0.2, -0.15) is 0 Å². The summed E-state index contributed by atoms with van der Waals surface area (Å²) in [7, 11) is 0. The molecule has 5 heteroatoms. The lowest BCUT2D eigenvalue weighted by Crippen LogP contribution is -2.32. The van der Waals surface area contributed by atoms with E-state index in [-0.39, 0.29) is 25.0 Å². The number of aliphatic hydroxyl groups excluding tert-OH is 1. The van der Waals surface area contributed by atoms with E-state index < -0.39 is 5.97 Å². The fourth-order valence-corrected chi connectivity index (χ4v) is 1.70. The van der Waals surface area contributed by atoms with E-state index >= 15 is 0 Å². The fourth-order valence-electron chi connectivity index (χ4n) is 1.70. The minimum Gasteiger partial charge on any atom is -0.481 e. The Kier molecular flexibility index (Phi) is 6.02. The van der Waals surface area contributed by atoms with Gasteiger partial charge in [0.15, 0.2) is 0 Å². The average Bonchev–Trinajstić information content (AvgIpc) is 2.38. The molecule has 19 heavy (non-hydrogen) atoms. The highest BCUT2D eigenvalue weighted by Crippen LogP contribution is 2.06. The van der Waals surface area contributed by atoms with Crippen molar-refractivity contribution in [1.82, 2.24) is 5.32 Å². The summed E-state index contributed by atoms with van der Waals surface area (Å²) >= 11 is 0. The molecule has 1 rings (SSSR count). The van der Waals surface area contributed by atoms with Crippen LogP contribution >= 0.6 is 0 Å². The van der Waals surface area contributed by atoms with Crippen LogP contribution in [-0.4, -0.2) is 28.1 Å². The third-order valence-corrected chi connectivity index (χ3v) is 2.80. The molecule has 0 aliphatic carbocycles. The topological polar surface area (TPSA) is 86.6 Å². The van der Waals surface area contributed by atoms with Gasteiger partial charge in [0.05, 0.1) is 6.61 Å². The van der Waals surface area contributed by atoms with Crippen LogP contribution in [0.2, 0.25) is 0 Å². The number of rotatable bonds is 7. The van der Waals surface area contributed by atoms with E-state index in [1.54, 1.807) is 24.3 Å². The van der Waals surface area contributed by atoms with E-state index in [1.165, 1.54) is 0 Å². The van der Waals surface area contributed by atoms with Gasteiger partial charge in [-0.1, -0.05) is 12.1 Å². The molecule has 104 valence electrons. The first kappa shape index (κ1) is 15.2. The summed E-state index contributed by atoms with van der Waals surface area (Å²) in [6.07, 6.45) is 1.29. The molecular formula is C14H19NO4. The van der Waals surface area contributed by atoms with Crippen molar-refractivity contribution in [3.63, 3.8) is 0 Å². The Balaban J connectivity index is 2.42. The summed E-state index contributed by atoms with van der Waals surface area (Å²) in [5.74, 6) is -1.01. The Hall–Kier alpha value is -1.88. The Morgan fingerprint density at radius 2 is 1.89 bits per heavy atom. The van der Waals surface area contributed by atoms with Crippen LogP contribution in [0.3, 0.4) is 0 Å². The van der Waals surface area contributed by atoms with E-state index in [2.05, 4.69) is 5.32 Å². The molecule has 0 bridgehead atoms. The standard InChI is InChI=1S/C14H19NO4/c1-10(3-2-4-13(17)18)15-14(19)12-7-5-11(9-16)6-8-12/h5-8,10,16H,2-4,9H2,1H3,(H,15,19)(H,17,18). The number of carboxylic acid groups (broad SMARTS) is 1. The molecule has 0 saturated carbocycles. The number of hydrogen-bond donors (Lipinski definition) is 3. The second-order valence-electron chi connectivity index (χ2n) is 4.52. The Bertz CT molecular complexity index is 428. The molecule has 0 fully saturated rings. The molecule has 0 aliphatic heterocycles. The lowest BCUT2D eigenvalue weighted by atomic mass is 10.1. The Morgan fingerprint density at radius 3 is 2.42 bits per heavy atom. The van der Waals surface area contributed by atoms with Crippen LogP contribution in [0.5, 0.6) is 0 Å². The van der Waals surface area contributed by atoms with Crippen molar-refractivity contribution in [2.75, 3.05) is 0 Å². The first-order valence-corrected chi connectivity index (χ1v) is 6.25. The van der Waals surface area contributed by atoms with Gasteiger partial charge in [0.1, 0.15) is 0 Å². The SMILES string of the molecule is CC(CCCC(=O)O)NC(=O)c1ccc(CO)cc1. The van der Waals surface area contributed by atoms with Crippen LogP contribution in [0, 0.1) is 0 Å². The molecule has 1 amide bonds. The maximum Gasteiger partial charge on any atom is 0.303 e. The summed E-state index contributed by atoms with van der Waals surface area (Å²) in [5.41, 5.74) is 1.29. The first-order chi connectivity index (χ1) is 9.02. The quantitative estimate of drug-likeness (QED) is 0.698. The molecule has 0 spiro atoms. The maximum absolute atomic E-state index is 11.9. The zero-order valence-corrected chi connectivity index (χ0v) is 10.9. The summed E-state index contributed by atoms with van der Waals surface area (Å²) in [4.78, 5) is 22.2. The zero-order valence-electron chi connectivity index (χ0n) is 10.9. The van der Waals surface area contributed by atoms with E-state index in [1.807, 2.05) is 6.92 Å². The van der Waals surface area contributed by atoms with Gasteiger partial charge in [0.2, 0.25) is 0 Å². The molecule has 0 aromatic heterocycles. The number of aliphatic hydroxyl groups is 1. The molecule has 0 heterocycles. The van der Waals surface area contributed by atoms with E-state index in [4.69, 9.17) is 10.2 Å². The minimum absolute atomic E-state index is 0.0481. The number of amides is 1. The number of carbonyl (C=O) groups excluding carboxylic acids is 1. The molecule has 3 N–H and O–H groups in total. The van der Waals surface area contributed by atoms with Crippen molar-refractivity contribution in [2.24, 2.45) is 0 Å². The van der Waals surface area contributed by atoms with E-state index in [0.717, 1.165) is 5.56 Å². The maximum atomic E-state index is 11.9. The molecule has 1 unspecified atom stereocenters. The number of benzene rings is 1. The second kappa shape index (κ2) is 7.53. The summed E-state index contributed by atoms with van der Waals surface area (Å²) in [5, 5.41) is 20.2. The van der Waals surface area contributed by atoms with Gasteiger partial charge < -0.3 is 15.5 Å². The number of carbonyl (C=O) groups is 2. The highest BCUT2D eigenvalue weighted by Gasteiger charge is 2.10. The van der Waals surface area contributed by atoms with Crippen molar-refractivity contribution < 1.29 is 19.8 Å². The van der Waals surface area contributed by atoms with Gasteiger partial charge >= 0.3 is 5.97 Å². The minimum atomic E-state index is -0.821. The van der Waals surface area contributed by atoms with Crippen LogP contribution in [0.4, 0.5) is 0 Å². The lowest BCUT2D eigenvalue weighted by molar-refractivity contribution is -0.137. The largest absolute Gasteiger partial charge is 0.481 e. The normalized spacial score (nSPS) is 11.9. The molecule has 0 aliphatic rings. The van der Waals surface area contributed by atoms with Gasteiger partial charge in [-0.15, -0.1) is 0 Å². The van der Waals surface area contributed by atoms with Gasteiger partial charge in [0, 0.05) is 18.0 Å². The Labute approximate surface area is 112 Å². The van der Waals surface area contributed by atoms with Crippen molar-refractivity contribution in [3.05, 3.63) is 35.4 Å². The zero-order chi connectivity index (χ0) is 14.3. The highest BCUT2D eigenvalue weighted by atomic mass is 16.4. The number of carboxylic acids is 1. The van der Waals surface area contributed by atoms with Crippen molar-refractivity contribution in [1.29, 1.82) is 0 Å². The van der Waals surface area contributed by atoms with E-state index in [0.29, 0.717) is 18.4 Å². The van der Waals surface area contributed by atoms with E-state index in [9.17, 15) is 9.59 Å². The molecule has 5 nitrogen and oxygen atoms in total. The second-order valence-corrected chi connectivity index (χ2v) is 4.52. The lowest BCUT2D eigenvalue weighted by Gasteiger charge is -2.13. The van der Waals surface area contributed by atoms with Crippen molar-refractivity contribution >= 4 is 11.9 Å². The summed E-state index contributed by atoms with van der Waals surface area (Å²) in [6, 6.07) is 6.65. The molecule has 0 radical (unpaired) electrons. The third kappa shape index (κ3) is 5.52. The molecule has 0 saturated heterocycles. The molecular weight excluding hydrogens is 246 g/mol. The summed E-state index contributed by atoms with van der Waals surface area (Å²) < 4.78 is 0. The van der Waals surface area contributed by atoms with Crippen molar-refractivity contribution in [2.45, 2.75) is 38.8 Å². The Morgan fingerprint density at radius 1 is 1.26 bits per heavy atom. The number of hydrogen-bond acceptors (Lipinski definition) is 3. The van der Waals surface area contributed by atoms with Crippen LogP contribution < -0.4 is 5.32 Å². The number of aliphatic carboxylic acids is 1. The van der Waals surface area contributed by atoms with Crippen LogP contribution in [0.15, 0.2) is 24.3 Å². The highest BCUT2D eigenvalue weighted by molar-refractivity contribution is 5.94. The average molecular weight is 265 g/mol. The monoisotopic (exact) mass is 265 g/mol. The third-order valence-electron chi connectivity index (χ3n) is 2.80. The van der Waals surface area contributed by atoms with Gasteiger partial charge in [-0.05, 0) is 37.5 Å². The summed E-state index contributed by atoms with van der Waals surface area (Å²) in [6.45, 7) is 1.80. The van der Waals surface area contributed by atoms with Crippen LogP contribution in [0.1, 0.15) is 42.1 Å². The number of nitrogens with one attached hydrogen (secondary N) is 1. The predicted molar refractivity (Wildman–Crippen MR) is 70.8 cm³/mol. The predicted octanol–water partition coefficient (Wildman–Crippen LogP) is 1.55. The fraction of sp³-hybridized carbons (Fsp3) is 0.429. The van der Waals surface area contributed by atoms with Crippen LogP contribution in [-0.2, 0) is 11.4 Å². The van der Waals surface area contributed by atoms with Gasteiger partial charge in [-0.25, -0.2) is 0 Å².